The quantitative estimate of drug-likeness (QED) is 0.687. The molecule has 0 amide bonds. The van der Waals surface area contributed by atoms with Gasteiger partial charge in [-0.25, -0.2) is 9.97 Å². The molecule has 1 heterocycles. The van der Waals surface area contributed by atoms with Crippen molar-refractivity contribution in [1.82, 2.24) is 9.97 Å². The molecule has 0 aliphatic heterocycles. The van der Waals surface area contributed by atoms with E-state index in [1.54, 1.807) is 25.1 Å². The Kier molecular flexibility index (Phi) is 3.87. The fraction of sp³-hybridized carbons (Fsp3) is 0.308. The van der Waals surface area contributed by atoms with Gasteiger partial charge in [0.05, 0.1) is 5.52 Å². The minimum Gasteiger partial charge on any atom is -0.261 e. The standard InChI is InChI=1S/C13H13F3N4/c1-3-8(2)19-20-11-9-6-4-5-7-10(9)17-12(18-11)13(14,15)16/h4-7H,3H2,1-2H3,(H,17,18,20)/b19-8+. The Bertz CT molecular complexity index is 650. The van der Waals surface area contributed by atoms with Crippen molar-refractivity contribution in [1.29, 1.82) is 0 Å². The number of aromatic nitrogens is 2. The van der Waals surface area contributed by atoms with Crippen LogP contribution in [0.25, 0.3) is 10.9 Å². The van der Waals surface area contributed by atoms with Gasteiger partial charge in [-0.2, -0.15) is 18.3 Å². The Hall–Kier alpha value is -2.18. The molecule has 7 heteroatoms. The second kappa shape index (κ2) is 5.44. The summed E-state index contributed by atoms with van der Waals surface area (Å²) in [6.45, 7) is 3.68. The SMILES string of the molecule is CC/C(C)=N/Nc1nc(C(F)(F)F)nc2ccccc12. The summed E-state index contributed by atoms with van der Waals surface area (Å²) >= 11 is 0. The van der Waals surface area contributed by atoms with Crippen molar-refractivity contribution in [3.05, 3.63) is 30.1 Å². The lowest BCUT2D eigenvalue weighted by Crippen LogP contribution is -2.12. The number of para-hydroxylation sites is 1. The van der Waals surface area contributed by atoms with Gasteiger partial charge in [-0.3, -0.25) is 5.43 Å². The zero-order valence-corrected chi connectivity index (χ0v) is 11.0. The van der Waals surface area contributed by atoms with Crippen LogP contribution in [0.1, 0.15) is 26.1 Å². The Morgan fingerprint density at radius 1 is 1.25 bits per heavy atom. The number of alkyl halides is 3. The number of nitrogens with one attached hydrogen (secondary N) is 1. The molecule has 0 bridgehead atoms. The highest BCUT2D eigenvalue weighted by Gasteiger charge is 2.35. The minimum absolute atomic E-state index is 0.0516. The van der Waals surface area contributed by atoms with Crippen molar-refractivity contribution in [2.75, 3.05) is 5.43 Å². The fourth-order valence-corrected chi connectivity index (χ4v) is 1.52. The summed E-state index contributed by atoms with van der Waals surface area (Å²) in [7, 11) is 0. The third-order valence-corrected chi connectivity index (χ3v) is 2.72. The molecule has 0 aliphatic rings. The third-order valence-electron chi connectivity index (χ3n) is 2.72. The molecular weight excluding hydrogens is 269 g/mol. The predicted octanol–water partition coefficient (Wildman–Crippen LogP) is 3.85. The van der Waals surface area contributed by atoms with E-state index in [-0.39, 0.29) is 11.3 Å². The first-order chi connectivity index (χ1) is 9.41. The summed E-state index contributed by atoms with van der Waals surface area (Å²) in [5, 5.41) is 4.49. The molecule has 0 radical (unpaired) electrons. The maximum Gasteiger partial charge on any atom is 0.451 e. The van der Waals surface area contributed by atoms with Crippen LogP contribution in [-0.4, -0.2) is 15.7 Å². The van der Waals surface area contributed by atoms with Gasteiger partial charge in [0.25, 0.3) is 0 Å². The number of halogens is 3. The van der Waals surface area contributed by atoms with E-state index in [0.717, 1.165) is 5.71 Å². The average molecular weight is 282 g/mol. The predicted molar refractivity (Wildman–Crippen MR) is 71.6 cm³/mol. The Labute approximate surface area is 113 Å². The molecule has 1 aromatic heterocycles. The van der Waals surface area contributed by atoms with Gasteiger partial charge in [0.2, 0.25) is 5.82 Å². The molecule has 0 saturated heterocycles. The largest absolute Gasteiger partial charge is 0.451 e. The molecule has 106 valence electrons. The molecule has 0 spiro atoms. The molecule has 2 aromatic rings. The normalized spacial score (nSPS) is 12.8. The number of hydrogen-bond donors (Lipinski definition) is 1. The summed E-state index contributed by atoms with van der Waals surface area (Å²) in [6.07, 6.45) is -3.90. The van der Waals surface area contributed by atoms with Crippen LogP contribution in [-0.2, 0) is 6.18 Å². The maximum atomic E-state index is 12.8. The Morgan fingerprint density at radius 3 is 2.60 bits per heavy atom. The first kappa shape index (κ1) is 14.2. The Balaban J connectivity index is 2.55. The van der Waals surface area contributed by atoms with Crippen molar-refractivity contribution >= 4 is 22.4 Å². The van der Waals surface area contributed by atoms with Gasteiger partial charge in [-0.05, 0) is 25.5 Å². The number of nitrogens with zero attached hydrogens (tertiary/aromatic N) is 3. The zero-order valence-electron chi connectivity index (χ0n) is 11.0. The molecule has 0 unspecified atom stereocenters. The van der Waals surface area contributed by atoms with Gasteiger partial charge in [0.1, 0.15) is 0 Å². The van der Waals surface area contributed by atoms with Crippen LogP contribution >= 0.6 is 0 Å². The zero-order chi connectivity index (χ0) is 14.8. The highest BCUT2D eigenvalue weighted by Crippen LogP contribution is 2.30. The van der Waals surface area contributed by atoms with Crippen molar-refractivity contribution in [3.63, 3.8) is 0 Å². The second-order valence-corrected chi connectivity index (χ2v) is 4.22. The van der Waals surface area contributed by atoms with E-state index in [4.69, 9.17) is 0 Å². The van der Waals surface area contributed by atoms with Gasteiger partial charge < -0.3 is 0 Å². The van der Waals surface area contributed by atoms with Crippen LogP contribution in [0.3, 0.4) is 0 Å². The van der Waals surface area contributed by atoms with Gasteiger partial charge in [-0.1, -0.05) is 19.1 Å². The van der Waals surface area contributed by atoms with Gasteiger partial charge in [0.15, 0.2) is 5.82 Å². The molecule has 2 rings (SSSR count). The number of hydrazone groups is 1. The molecule has 0 aliphatic carbocycles. The number of rotatable bonds is 3. The van der Waals surface area contributed by atoms with Gasteiger partial charge in [-0.15, -0.1) is 0 Å². The molecule has 20 heavy (non-hydrogen) atoms. The molecule has 1 aromatic carbocycles. The summed E-state index contributed by atoms with van der Waals surface area (Å²) in [4.78, 5) is 7.05. The average Bonchev–Trinajstić information content (AvgIpc) is 2.43. The van der Waals surface area contributed by atoms with Crippen molar-refractivity contribution in [2.24, 2.45) is 5.10 Å². The molecular formula is C13H13F3N4. The summed E-state index contributed by atoms with van der Waals surface area (Å²) in [6, 6.07) is 6.49. The highest BCUT2D eigenvalue weighted by molar-refractivity contribution is 5.90. The van der Waals surface area contributed by atoms with E-state index < -0.39 is 12.0 Å². The molecule has 0 fully saturated rings. The van der Waals surface area contributed by atoms with E-state index in [2.05, 4.69) is 20.5 Å². The van der Waals surface area contributed by atoms with E-state index >= 15 is 0 Å². The summed E-state index contributed by atoms with van der Waals surface area (Å²) in [5.41, 5.74) is 3.58. The van der Waals surface area contributed by atoms with Crippen LogP contribution in [0.5, 0.6) is 0 Å². The molecule has 0 saturated carbocycles. The van der Waals surface area contributed by atoms with Crippen molar-refractivity contribution < 1.29 is 13.2 Å². The number of benzene rings is 1. The van der Waals surface area contributed by atoms with Crippen LogP contribution in [0.4, 0.5) is 19.0 Å². The smallest absolute Gasteiger partial charge is 0.261 e. The third kappa shape index (κ3) is 3.04. The molecule has 1 N–H and O–H groups in total. The summed E-state index contributed by atoms with van der Waals surface area (Å²) < 4.78 is 38.3. The van der Waals surface area contributed by atoms with Crippen molar-refractivity contribution in [3.8, 4) is 0 Å². The van der Waals surface area contributed by atoms with E-state index in [1.165, 1.54) is 6.07 Å². The highest BCUT2D eigenvalue weighted by atomic mass is 19.4. The maximum absolute atomic E-state index is 12.8. The number of fused-ring (bicyclic) bond motifs is 1. The first-order valence-corrected chi connectivity index (χ1v) is 6.05. The monoisotopic (exact) mass is 282 g/mol. The van der Waals surface area contributed by atoms with E-state index in [0.29, 0.717) is 11.8 Å². The fourth-order valence-electron chi connectivity index (χ4n) is 1.52. The van der Waals surface area contributed by atoms with Crippen LogP contribution in [0, 0.1) is 0 Å². The number of hydrogen-bond acceptors (Lipinski definition) is 4. The van der Waals surface area contributed by atoms with E-state index in [9.17, 15) is 13.2 Å². The minimum atomic E-state index is -4.59. The summed E-state index contributed by atoms with van der Waals surface area (Å²) in [5.74, 6) is -1.13. The molecule has 0 atom stereocenters. The van der Waals surface area contributed by atoms with Crippen LogP contribution in [0.2, 0.25) is 0 Å². The van der Waals surface area contributed by atoms with Crippen LogP contribution in [0.15, 0.2) is 29.4 Å². The topological polar surface area (TPSA) is 50.2 Å². The lowest BCUT2D eigenvalue weighted by atomic mass is 10.2. The second-order valence-electron chi connectivity index (χ2n) is 4.22. The lowest BCUT2D eigenvalue weighted by molar-refractivity contribution is -0.144. The van der Waals surface area contributed by atoms with Crippen LogP contribution < -0.4 is 5.43 Å². The first-order valence-electron chi connectivity index (χ1n) is 6.05. The van der Waals surface area contributed by atoms with Crippen molar-refractivity contribution in [2.45, 2.75) is 26.4 Å². The Morgan fingerprint density at radius 2 is 1.95 bits per heavy atom. The molecule has 4 nitrogen and oxygen atoms in total. The van der Waals surface area contributed by atoms with Gasteiger partial charge in [0, 0.05) is 11.1 Å². The van der Waals surface area contributed by atoms with E-state index in [1.807, 2.05) is 6.92 Å². The van der Waals surface area contributed by atoms with Gasteiger partial charge >= 0.3 is 6.18 Å². The number of anilines is 1. The lowest BCUT2D eigenvalue weighted by Gasteiger charge is -2.10.